The molecule has 0 aliphatic heterocycles. The van der Waals surface area contributed by atoms with Crippen molar-refractivity contribution in [3.05, 3.63) is 0 Å². The maximum absolute atomic E-state index is 5.42. The summed E-state index contributed by atoms with van der Waals surface area (Å²) in [5.74, 6) is 0.628. The summed E-state index contributed by atoms with van der Waals surface area (Å²) in [5.41, 5.74) is 0. The average molecular weight is 174 g/mol. The first-order chi connectivity index (χ1) is 5.81. The van der Waals surface area contributed by atoms with E-state index in [1.165, 1.54) is 0 Å². The van der Waals surface area contributed by atoms with Crippen molar-refractivity contribution in [1.82, 2.24) is 0 Å². The third-order valence-corrected chi connectivity index (χ3v) is 1.71. The zero-order chi connectivity index (χ0) is 9.23. The molecular weight excluding hydrogens is 152 g/mol. The van der Waals surface area contributed by atoms with Crippen molar-refractivity contribution in [2.75, 3.05) is 26.4 Å². The van der Waals surface area contributed by atoms with E-state index >= 15 is 0 Å². The first-order valence-electron chi connectivity index (χ1n) is 4.96. The van der Waals surface area contributed by atoms with Crippen LogP contribution in [0.2, 0.25) is 0 Å². The third kappa shape index (κ3) is 8.02. The van der Waals surface area contributed by atoms with Crippen LogP contribution in [0.15, 0.2) is 0 Å². The summed E-state index contributed by atoms with van der Waals surface area (Å²) in [5, 5.41) is 0. The summed E-state index contributed by atoms with van der Waals surface area (Å²) in [7, 11) is 0. The molecule has 1 unspecified atom stereocenters. The Morgan fingerprint density at radius 1 is 1.08 bits per heavy atom. The molecule has 0 rings (SSSR count). The largest absolute Gasteiger partial charge is 0.382 e. The lowest BCUT2D eigenvalue weighted by atomic mass is 10.1. The van der Waals surface area contributed by atoms with Gasteiger partial charge >= 0.3 is 0 Å². The van der Waals surface area contributed by atoms with Crippen LogP contribution in [0.5, 0.6) is 0 Å². The SMILES string of the molecule is CCCOCC(C)CCOCC. The number of hydrogen-bond acceptors (Lipinski definition) is 2. The highest BCUT2D eigenvalue weighted by Crippen LogP contribution is 2.02. The van der Waals surface area contributed by atoms with Crippen molar-refractivity contribution >= 4 is 0 Å². The van der Waals surface area contributed by atoms with Crippen LogP contribution in [0.3, 0.4) is 0 Å². The predicted octanol–water partition coefficient (Wildman–Crippen LogP) is 2.48. The summed E-state index contributed by atoms with van der Waals surface area (Å²) < 4.78 is 10.7. The molecule has 0 saturated carbocycles. The zero-order valence-electron chi connectivity index (χ0n) is 8.64. The Morgan fingerprint density at radius 2 is 1.83 bits per heavy atom. The second kappa shape index (κ2) is 9.01. The molecule has 0 amide bonds. The van der Waals surface area contributed by atoms with Gasteiger partial charge in [-0.2, -0.15) is 0 Å². The summed E-state index contributed by atoms with van der Waals surface area (Å²) in [6, 6.07) is 0. The molecule has 74 valence electrons. The molecule has 0 aliphatic carbocycles. The molecule has 0 aromatic carbocycles. The van der Waals surface area contributed by atoms with Crippen LogP contribution in [0, 0.1) is 5.92 Å². The summed E-state index contributed by atoms with van der Waals surface area (Å²) >= 11 is 0. The van der Waals surface area contributed by atoms with Crippen molar-refractivity contribution in [3.8, 4) is 0 Å². The lowest BCUT2D eigenvalue weighted by molar-refractivity contribution is 0.0794. The van der Waals surface area contributed by atoms with E-state index in [0.717, 1.165) is 39.3 Å². The van der Waals surface area contributed by atoms with Gasteiger partial charge in [-0.1, -0.05) is 13.8 Å². The van der Waals surface area contributed by atoms with Crippen LogP contribution in [0.25, 0.3) is 0 Å². The number of ether oxygens (including phenoxy) is 2. The van der Waals surface area contributed by atoms with E-state index in [9.17, 15) is 0 Å². The highest BCUT2D eigenvalue weighted by Gasteiger charge is 2.00. The minimum absolute atomic E-state index is 0.628. The quantitative estimate of drug-likeness (QED) is 0.526. The van der Waals surface area contributed by atoms with Gasteiger partial charge in [0.2, 0.25) is 0 Å². The summed E-state index contributed by atoms with van der Waals surface area (Å²) in [6.07, 6.45) is 2.22. The fourth-order valence-electron chi connectivity index (χ4n) is 0.941. The smallest absolute Gasteiger partial charge is 0.0492 e. The third-order valence-electron chi connectivity index (χ3n) is 1.71. The van der Waals surface area contributed by atoms with Crippen LogP contribution < -0.4 is 0 Å². The van der Waals surface area contributed by atoms with Crippen molar-refractivity contribution in [2.24, 2.45) is 5.92 Å². The van der Waals surface area contributed by atoms with Crippen molar-refractivity contribution in [3.63, 3.8) is 0 Å². The Kier molecular flexibility index (Phi) is 8.95. The Balaban J connectivity index is 3.04. The van der Waals surface area contributed by atoms with Crippen LogP contribution in [-0.4, -0.2) is 26.4 Å². The van der Waals surface area contributed by atoms with Crippen LogP contribution in [0.4, 0.5) is 0 Å². The molecule has 0 spiro atoms. The van der Waals surface area contributed by atoms with E-state index in [0.29, 0.717) is 5.92 Å². The van der Waals surface area contributed by atoms with Gasteiger partial charge < -0.3 is 9.47 Å². The summed E-state index contributed by atoms with van der Waals surface area (Å²) in [4.78, 5) is 0. The van der Waals surface area contributed by atoms with Gasteiger partial charge in [0, 0.05) is 26.4 Å². The highest BCUT2D eigenvalue weighted by atomic mass is 16.5. The average Bonchev–Trinajstić information content (AvgIpc) is 2.06. The van der Waals surface area contributed by atoms with E-state index in [1.54, 1.807) is 0 Å². The lowest BCUT2D eigenvalue weighted by Crippen LogP contribution is -2.09. The standard InChI is InChI=1S/C10H22O2/c1-4-7-12-9-10(3)6-8-11-5-2/h10H,4-9H2,1-3H3. The van der Waals surface area contributed by atoms with Gasteiger partial charge in [0.15, 0.2) is 0 Å². The first kappa shape index (κ1) is 11.9. The van der Waals surface area contributed by atoms with Gasteiger partial charge in [-0.15, -0.1) is 0 Å². The molecule has 12 heavy (non-hydrogen) atoms. The van der Waals surface area contributed by atoms with Crippen LogP contribution >= 0.6 is 0 Å². The summed E-state index contributed by atoms with van der Waals surface area (Å²) in [6.45, 7) is 9.81. The zero-order valence-corrected chi connectivity index (χ0v) is 8.64. The lowest BCUT2D eigenvalue weighted by Gasteiger charge is -2.10. The second-order valence-electron chi connectivity index (χ2n) is 3.17. The molecule has 0 radical (unpaired) electrons. The number of rotatable bonds is 8. The Bertz CT molecular complexity index is 73.9. The highest BCUT2D eigenvalue weighted by molar-refractivity contribution is 4.49. The molecular formula is C10H22O2. The molecule has 0 aliphatic rings. The van der Waals surface area contributed by atoms with Gasteiger partial charge in [0.1, 0.15) is 0 Å². The van der Waals surface area contributed by atoms with E-state index in [2.05, 4.69) is 13.8 Å². The van der Waals surface area contributed by atoms with Crippen LogP contribution in [-0.2, 0) is 9.47 Å². The van der Waals surface area contributed by atoms with E-state index in [1.807, 2.05) is 6.92 Å². The molecule has 0 bridgehead atoms. The van der Waals surface area contributed by atoms with Gasteiger partial charge in [-0.25, -0.2) is 0 Å². The maximum Gasteiger partial charge on any atom is 0.0492 e. The Morgan fingerprint density at radius 3 is 2.42 bits per heavy atom. The molecule has 0 N–H and O–H groups in total. The minimum Gasteiger partial charge on any atom is -0.382 e. The van der Waals surface area contributed by atoms with Crippen molar-refractivity contribution in [2.45, 2.75) is 33.6 Å². The molecule has 2 nitrogen and oxygen atoms in total. The minimum atomic E-state index is 0.628. The van der Waals surface area contributed by atoms with Gasteiger partial charge in [-0.3, -0.25) is 0 Å². The molecule has 0 saturated heterocycles. The number of hydrogen-bond donors (Lipinski definition) is 0. The van der Waals surface area contributed by atoms with Crippen LogP contribution in [0.1, 0.15) is 33.6 Å². The molecule has 0 aromatic heterocycles. The van der Waals surface area contributed by atoms with E-state index < -0.39 is 0 Å². The first-order valence-corrected chi connectivity index (χ1v) is 4.96. The molecule has 1 atom stereocenters. The van der Waals surface area contributed by atoms with E-state index in [4.69, 9.17) is 9.47 Å². The maximum atomic E-state index is 5.42. The van der Waals surface area contributed by atoms with Gasteiger partial charge in [0.05, 0.1) is 0 Å². The topological polar surface area (TPSA) is 18.5 Å². The fraction of sp³-hybridized carbons (Fsp3) is 1.00. The molecule has 0 fully saturated rings. The van der Waals surface area contributed by atoms with Gasteiger partial charge in [-0.05, 0) is 25.7 Å². The monoisotopic (exact) mass is 174 g/mol. The van der Waals surface area contributed by atoms with Gasteiger partial charge in [0.25, 0.3) is 0 Å². The Hall–Kier alpha value is -0.0800. The molecule has 0 heterocycles. The van der Waals surface area contributed by atoms with E-state index in [-0.39, 0.29) is 0 Å². The normalized spacial score (nSPS) is 13.2. The van der Waals surface area contributed by atoms with Crippen molar-refractivity contribution in [1.29, 1.82) is 0 Å². The molecule has 2 heteroatoms. The second-order valence-corrected chi connectivity index (χ2v) is 3.17. The predicted molar refractivity (Wildman–Crippen MR) is 51.4 cm³/mol. The fourth-order valence-corrected chi connectivity index (χ4v) is 0.941. The van der Waals surface area contributed by atoms with Crippen molar-refractivity contribution < 1.29 is 9.47 Å². The Labute approximate surface area is 76.3 Å². The molecule has 0 aromatic rings.